The molecule has 4 unspecified atom stereocenters. The van der Waals surface area contributed by atoms with Crippen LogP contribution >= 0.6 is 0 Å². The van der Waals surface area contributed by atoms with Gasteiger partial charge in [-0.2, -0.15) is 0 Å². The Morgan fingerprint density at radius 1 is 0.811 bits per heavy atom. The molecule has 0 aliphatic heterocycles. The van der Waals surface area contributed by atoms with E-state index >= 15 is 0 Å². The zero-order valence-corrected chi connectivity index (χ0v) is 31.6. The first kappa shape index (κ1) is 43.9. The van der Waals surface area contributed by atoms with Crippen LogP contribution in [0, 0.1) is 11.3 Å². The molecular weight excluding hydrogens is 708 g/mol. The van der Waals surface area contributed by atoms with Crippen LogP contribution in [0.25, 0.3) is 0 Å². The summed E-state index contributed by atoms with van der Waals surface area (Å²) in [5, 5.41) is 11.4. The smallest absolute Gasteiger partial charge is 0.408 e. The molecule has 1 aliphatic rings. The Labute approximate surface area is 310 Å². The lowest BCUT2D eigenvalue weighted by molar-refractivity contribution is -0.142. The van der Waals surface area contributed by atoms with Crippen molar-refractivity contribution in [2.45, 2.75) is 77.2 Å². The molecule has 0 radical (unpaired) electrons. The fourth-order valence-electron chi connectivity index (χ4n) is 4.96. The minimum Gasteiger partial charge on any atom is -0.469 e. The van der Waals surface area contributed by atoms with Gasteiger partial charge in [0.1, 0.15) is 24.7 Å². The second-order valence-electron chi connectivity index (χ2n) is 13.3. The Balaban J connectivity index is 2.38. The topological polar surface area (TPSA) is 212 Å². The molecule has 4 N–H and O–H groups in total. The third kappa shape index (κ3) is 16.8. The first-order valence-electron chi connectivity index (χ1n) is 16.9. The van der Waals surface area contributed by atoms with Gasteiger partial charge in [0.2, 0.25) is 17.7 Å². The van der Waals surface area contributed by atoms with E-state index in [4.69, 9.17) is 14.2 Å². The van der Waals surface area contributed by atoms with Gasteiger partial charge in [-0.3, -0.25) is 24.0 Å². The molecule has 0 saturated heterocycles. The Hall–Kier alpha value is -5.25. The average molecular weight is 759 g/mol. The maximum Gasteiger partial charge on any atom is 0.408 e. The van der Waals surface area contributed by atoms with Crippen LogP contribution in [0.5, 0.6) is 0 Å². The molecule has 0 bridgehead atoms. The molecule has 53 heavy (non-hydrogen) atoms. The second-order valence-corrected chi connectivity index (χ2v) is 15.2. The summed E-state index contributed by atoms with van der Waals surface area (Å²) >= 11 is 0. The predicted octanol–water partition coefficient (Wildman–Crippen LogP) is 2.55. The number of sulfone groups is 1. The minimum atomic E-state index is -3.61. The lowest BCUT2D eigenvalue weighted by atomic mass is 9.85. The number of alkyl carbamates (subject to hydrolysis) is 1. The predicted molar refractivity (Wildman–Crippen MR) is 196 cm³/mol. The van der Waals surface area contributed by atoms with E-state index in [1.165, 1.54) is 7.11 Å². The summed E-state index contributed by atoms with van der Waals surface area (Å²) in [7, 11) is -1.24. The Morgan fingerprint density at radius 2 is 1.43 bits per heavy atom. The van der Waals surface area contributed by atoms with Gasteiger partial charge in [-0.25, -0.2) is 13.2 Å². The third-order valence-corrected chi connectivity index (χ3v) is 8.45. The fraction of sp³-hybridized carbons (Fsp3) is 0.459. The van der Waals surface area contributed by atoms with Crippen molar-refractivity contribution in [2.24, 2.45) is 11.3 Å². The number of hydrogen-bond donors (Lipinski definition) is 4. The summed E-state index contributed by atoms with van der Waals surface area (Å²) in [5.41, 5.74) is -0.214. The quantitative estimate of drug-likeness (QED) is 0.126. The van der Waals surface area contributed by atoms with Crippen molar-refractivity contribution in [3.05, 3.63) is 83.8 Å². The van der Waals surface area contributed by atoms with Crippen LogP contribution in [0.1, 0.15) is 52.0 Å². The summed E-state index contributed by atoms with van der Waals surface area (Å²) in [6, 6.07) is 3.99. The fourth-order valence-corrected chi connectivity index (χ4v) is 5.43. The van der Waals surface area contributed by atoms with Gasteiger partial charge in [0.25, 0.3) is 0 Å². The molecule has 0 fully saturated rings. The molecular formula is C37H50N4O11S. The maximum atomic E-state index is 14.1. The normalized spacial score (nSPS) is 15.3. The van der Waals surface area contributed by atoms with E-state index in [9.17, 15) is 37.2 Å². The van der Waals surface area contributed by atoms with Crippen LogP contribution < -0.4 is 21.3 Å². The van der Waals surface area contributed by atoms with E-state index < -0.39 is 81.1 Å². The van der Waals surface area contributed by atoms with E-state index in [1.807, 2.05) is 6.07 Å². The SMILES string of the molecule is COC(=O)CCCC(NC(=O)OCc1ccccc1)C(=O)NC(C(=O)NC(C(=O)NC(C=CS(C)(=O)=O)CC(=O)OC)C(C)(C)C)C1C=CC=CC=C1. The van der Waals surface area contributed by atoms with Gasteiger partial charge in [0.05, 0.1) is 26.7 Å². The van der Waals surface area contributed by atoms with Gasteiger partial charge in [-0.15, -0.1) is 0 Å². The number of esters is 2. The molecule has 290 valence electrons. The van der Waals surface area contributed by atoms with Gasteiger partial charge >= 0.3 is 18.0 Å². The molecule has 0 aromatic heterocycles. The van der Waals surface area contributed by atoms with E-state index in [0.29, 0.717) is 5.56 Å². The number of carbonyl (C=O) groups is 6. The molecule has 4 amide bonds. The molecule has 15 nitrogen and oxygen atoms in total. The molecule has 1 aromatic rings. The molecule has 1 aromatic carbocycles. The Morgan fingerprint density at radius 3 is 2.00 bits per heavy atom. The highest BCUT2D eigenvalue weighted by atomic mass is 32.2. The van der Waals surface area contributed by atoms with Crippen molar-refractivity contribution in [1.29, 1.82) is 0 Å². The lowest BCUT2D eigenvalue weighted by Crippen LogP contribution is -2.61. The van der Waals surface area contributed by atoms with E-state index in [2.05, 4.69) is 21.3 Å². The number of carbonyl (C=O) groups excluding carboxylic acids is 6. The third-order valence-electron chi connectivity index (χ3n) is 7.80. The molecule has 4 atom stereocenters. The first-order chi connectivity index (χ1) is 24.9. The van der Waals surface area contributed by atoms with Gasteiger partial charge in [0, 0.05) is 24.0 Å². The summed E-state index contributed by atoms with van der Waals surface area (Å²) < 4.78 is 38.3. The Kier molecular flexibility index (Phi) is 17.7. The number of nitrogens with one attached hydrogen (secondary N) is 4. The number of methoxy groups -OCH3 is 2. The summed E-state index contributed by atoms with van der Waals surface area (Å²) in [6.07, 6.45) is 11.1. The second kappa shape index (κ2) is 21.3. The van der Waals surface area contributed by atoms with Crippen LogP contribution in [-0.2, 0) is 54.6 Å². The highest BCUT2D eigenvalue weighted by molar-refractivity contribution is 7.93. The number of rotatable bonds is 18. The largest absolute Gasteiger partial charge is 0.469 e. The molecule has 0 spiro atoms. The summed E-state index contributed by atoms with van der Waals surface area (Å²) in [4.78, 5) is 78.4. The highest BCUT2D eigenvalue weighted by Gasteiger charge is 2.38. The van der Waals surface area contributed by atoms with Crippen LogP contribution in [0.2, 0.25) is 0 Å². The van der Waals surface area contributed by atoms with Crippen molar-refractivity contribution < 1.29 is 51.4 Å². The van der Waals surface area contributed by atoms with E-state index in [0.717, 1.165) is 24.8 Å². The number of hydrogen-bond acceptors (Lipinski definition) is 11. The number of amides is 4. The van der Waals surface area contributed by atoms with Gasteiger partial charge in [-0.1, -0.05) is 93.6 Å². The number of ether oxygens (including phenoxy) is 3. The van der Waals surface area contributed by atoms with Crippen molar-refractivity contribution >= 4 is 45.6 Å². The van der Waals surface area contributed by atoms with Gasteiger partial charge in [-0.05, 0) is 23.8 Å². The molecule has 0 heterocycles. The van der Waals surface area contributed by atoms with Crippen molar-refractivity contribution in [2.75, 3.05) is 20.5 Å². The average Bonchev–Trinajstić information content (AvgIpc) is 3.39. The summed E-state index contributed by atoms with van der Waals surface area (Å²) in [5.74, 6) is -4.20. The van der Waals surface area contributed by atoms with Gasteiger partial charge < -0.3 is 35.5 Å². The molecule has 2 rings (SSSR count). The highest BCUT2D eigenvalue weighted by Crippen LogP contribution is 2.22. The first-order valence-corrected chi connectivity index (χ1v) is 18.8. The molecule has 16 heteroatoms. The monoisotopic (exact) mass is 758 g/mol. The molecule has 0 saturated carbocycles. The number of benzene rings is 1. The molecule has 1 aliphatic carbocycles. The zero-order valence-electron chi connectivity index (χ0n) is 30.8. The number of allylic oxidation sites excluding steroid dienone is 4. The summed E-state index contributed by atoms with van der Waals surface area (Å²) in [6.45, 7) is 4.99. The van der Waals surface area contributed by atoms with Crippen LogP contribution in [0.15, 0.2) is 78.3 Å². The zero-order chi connectivity index (χ0) is 39.6. The van der Waals surface area contributed by atoms with Crippen molar-refractivity contribution in [1.82, 2.24) is 21.3 Å². The standard InChI is InChI=1S/C37H50N4O11S/c1-37(2,3)32(35(46)38-27(23-30(43)51-5)21-22-53(6,48)49)41-34(45)31(26-17-12-7-8-13-18-26)40-33(44)28(19-14-20-29(42)50-4)39-36(47)52-24-25-15-10-9-11-16-25/h7-13,15-18,21-22,26-28,31-32H,14,19-20,23-24H2,1-6H3,(H,38,46)(H,39,47)(H,40,44)(H,41,45). The maximum absolute atomic E-state index is 14.1. The lowest BCUT2D eigenvalue weighted by Gasteiger charge is -2.34. The van der Waals surface area contributed by atoms with Crippen molar-refractivity contribution in [3.63, 3.8) is 0 Å². The van der Waals surface area contributed by atoms with Gasteiger partial charge in [0.15, 0.2) is 9.84 Å². The Bertz CT molecular complexity index is 1650. The van der Waals surface area contributed by atoms with E-state index in [-0.39, 0.29) is 32.3 Å². The van der Waals surface area contributed by atoms with Crippen LogP contribution in [0.4, 0.5) is 4.79 Å². The van der Waals surface area contributed by atoms with Crippen molar-refractivity contribution in [3.8, 4) is 0 Å². The van der Waals surface area contributed by atoms with E-state index in [1.54, 1.807) is 81.5 Å². The minimum absolute atomic E-state index is 0.0107. The van der Waals surface area contributed by atoms with Crippen LogP contribution in [-0.4, -0.2) is 88.8 Å². The van der Waals surface area contributed by atoms with Crippen LogP contribution in [0.3, 0.4) is 0 Å².